The second-order valence-corrected chi connectivity index (χ2v) is 4.83. The van der Waals surface area contributed by atoms with Crippen LogP contribution in [0.3, 0.4) is 0 Å². The summed E-state index contributed by atoms with van der Waals surface area (Å²) in [6.45, 7) is 4.74. The van der Waals surface area contributed by atoms with Gasteiger partial charge in [-0.25, -0.2) is 0 Å². The molecule has 2 heterocycles. The van der Waals surface area contributed by atoms with E-state index in [-0.39, 0.29) is 11.8 Å². The van der Waals surface area contributed by atoms with Gasteiger partial charge in [-0.05, 0) is 31.8 Å². The molecule has 2 amide bonds. The number of rotatable bonds is 2. The lowest BCUT2D eigenvalue weighted by Gasteiger charge is -2.36. The maximum Gasteiger partial charge on any atom is 0.252 e. The molecule has 17 heavy (non-hydrogen) atoms. The van der Waals surface area contributed by atoms with Crippen molar-refractivity contribution >= 4 is 11.8 Å². The van der Waals surface area contributed by atoms with Crippen molar-refractivity contribution in [2.24, 2.45) is 5.92 Å². The summed E-state index contributed by atoms with van der Waals surface area (Å²) in [5, 5.41) is 3.37. The smallest absolute Gasteiger partial charge is 0.252 e. The molecule has 6 nitrogen and oxygen atoms in total. The van der Waals surface area contributed by atoms with Gasteiger partial charge in [-0.2, -0.15) is 0 Å². The summed E-state index contributed by atoms with van der Waals surface area (Å²) in [6, 6.07) is 0.479. The van der Waals surface area contributed by atoms with Crippen molar-refractivity contribution in [1.29, 1.82) is 0 Å². The molecule has 2 atom stereocenters. The normalized spacial score (nSPS) is 28.5. The number of carbonyl (C=O) groups is 2. The van der Waals surface area contributed by atoms with Crippen LogP contribution in [0.4, 0.5) is 0 Å². The lowest BCUT2D eigenvalue weighted by atomic mass is 9.92. The van der Waals surface area contributed by atoms with Gasteiger partial charge >= 0.3 is 0 Å². The Morgan fingerprint density at radius 2 is 2.18 bits per heavy atom. The number of piperidine rings is 1. The van der Waals surface area contributed by atoms with Gasteiger partial charge in [0.1, 0.15) is 0 Å². The summed E-state index contributed by atoms with van der Waals surface area (Å²) in [6.07, 6.45) is 2.40. The Balaban J connectivity index is 1.81. The first kappa shape index (κ1) is 12.3. The van der Waals surface area contributed by atoms with Gasteiger partial charge in [-0.3, -0.25) is 25.3 Å². The minimum absolute atomic E-state index is 0.146. The number of likely N-dealkylation sites (tertiary alicyclic amines) is 1. The fourth-order valence-corrected chi connectivity index (χ4v) is 2.74. The largest absolute Gasteiger partial charge is 0.315 e. The fraction of sp³-hybridized carbons (Fsp3) is 0.818. The van der Waals surface area contributed by atoms with Crippen LogP contribution >= 0.6 is 0 Å². The first-order valence-electron chi connectivity index (χ1n) is 6.17. The second kappa shape index (κ2) is 5.46. The van der Waals surface area contributed by atoms with Gasteiger partial charge in [-0.1, -0.05) is 0 Å². The van der Waals surface area contributed by atoms with Gasteiger partial charge < -0.3 is 5.32 Å². The predicted molar refractivity (Wildman–Crippen MR) is 62.9 cm³/mol. The Morgan fingerprint density at radius 1 is 1.35 bits per heavy atom. The quantitative estimate of drug-likeness (QED) is 0.532. The van der Waals surface area contributed by atoms with E-state index in [1.54, 1.807) is 0 Å². The molecule has 6 heteroatoms. The highest BCUT2D eigenvalue weighted by Gasteiger charge is 2.35. The molecule has 96 valence electrons. The van der Waals surface area contributed by atoms with Crippen molar-refractivity contribution in [1.82, 2.24) is 21.1 Å². The van der Waals surface area contributed by atoms with Gasteiger partial charge in [0.25, 0.3) is 5.91 Å². The Hall–Kier alpha value is -1.14. The van der Waals surface area contributed by atoms with Crippen LogP contribution in [0.15, 0.2) is 0 Å². The van der Waals surface area contributed by atoms with Gasteiger partial charge in [0.2, 0.25) is 5.91 Å². The maximum absolute atomic E-state index is 11.6. The van der Waals surface area contributed by atoms with Crippen LogP contribution < -0.4 is 16.2 Å². The molecule has 2 unspecified atom stereocenters. The summed E-state index contributed by atoms with van der Waals surface area (Å²) in [5.41, 5.74) is 4.72. The lowest BCUT2D eigenvalue weighted by Crippen LogP contribution is -2.51. The second-order valence-electron chi connectivity index (χ2n) is 4.83. The average Bonchev–Trinajstić information content (AvgIpc) is 2.75. The molecule has 0 aromatic heterocycles. The molecule has 0 radical (unpaired) electrons. The molecule has 0 aliphatic carbocycles. The molecule has 0 saturated carbocycles. The molecule has 2 saturated heterocycles. The first-order valence-corrected chi connectivity index (χ1v) is 6.17. The Morgan fingerprint density at radius 3 is 2.94 bits per heavy atom. The van der Waals surface area contributed by atoms with Gasteiger partial charge in [-0.15, -0.1) is 0 Å². The van der Waals surface area contributed by atoms with E-state index < -0.39 is 0 Å². The Kier molecular flexibility index (Phi) is 3.96. The van der Waals surface area contributed by atoms with Crippen molar-refractivity contribution in [2.75, 3.05) is 26.2 Å². The highest BCUT2D eigenvalue weighted by Crippen LogP contribution is 2.25. The average molecular weight is 240 g/mol. The molecular formula is C11H20N4O2. The van der Waals surface area contributed by atoms with Gasteiger partial charge in [0.05, 0.1) is 6.54 Å². The first-order chi connectivity index (χ1) is 8.16. The number of amides is 2. The minimum atomic E-state index is -0.252. The molecule has 0 bridgehead atoms. The number of nitrogens with one attached hydrogen (secondary N) is 3. The van der Waals surface area contributed by atoms with Crippen LogP contribution in [0.5, 0.6) is 0 Å². The molecule has 2 aliphatic rings. The third-order valence-corrected chi connectivity index (χ3v) is 3.52. The molecule has 0 spiro atoms. The zero-order chi connectivity index (χ0) is 12.3. The van der Waals surface area contributed by atoms with Crippen molar-refractivity contribution in [2.45, 2.75) is 25.8 Å². The van der Waals surface area contributed by atoms with Crippen molar-refractivity contribution < 1.29 is 9.59 Å². The third kappa shape index (κ3) is 3.17. The Bertz CT molecular complexity index is 308. The van der Waals surface area contributed by atoms with Crippen LogP contribution in [0.1, 0.15) is 19.8 Å². The van der Waals surface area contributed by atoms with E-state index in [0.717, 1.165) is 26.1 Å². The molecular weight excluding hydrogens is 220 g/mol. The molecule has 2 rings (SSSR count). The van der Waals surface area contributed by atoms with Crippen molar-refractivity contribution in [3.63, 3.8) is 0 Å². The number of fused-ring (bicyclic) bond motifs is 1. The van der Waals surface area contributed by atoms with E-state index in [0.29, 0.717) is 18.5 Å². The molecule has 0 aromatic carbocycles. The van der Waals surface area contributed by atoms with Crippen molar-refractivity contribution in [3.8, 4) is 0 Å². The van der Waals surface area contributed by atoms with Crippen LogP contribution in [0.25, 0.3) is 0 Å². The zero-order valence-electron chi connectivity index (χ0n) is 10.2. The fourth-order valence-electron chi connectivity index (χ4n) is 2.74. The summed E-state index contributed by atoms with van der Waals surface area (Å²) >= 11 is 0. The van der Waals surface area contributed by atoms with E-state index in [1.165, 1.54) is 13.3 Å². The lowest BCUT2D eigenvalue weighted by molar-refractivity contribution is -0.129. The highest BCUT2D eigenvalue weighted by atomic mass is 16.2. The molecule has 2 fully saturated rings. The third-order valence-electron chi connectivity index (χ3n) is 3.52. The topological polar surface area (TPSA) is 73.5 Å². The maximum atomic E-state index is 11.6. The molecule has 3 N–H and O–H groups in total. The molecule has 0 aromatic rings. The van der Waals surface area contributed by atoms with E-state index in [2.05, 4.69) is 21.1 Å². The monoisotopic (exact) mass is 240 g/mol. The summed E-state index contributed by atoms with van der Waals surface area (Å²) in [4.78, 5) is 24.5. The van der Waals surface area contributed by atoms with E-state index in [4.69, 9.17) is 0 Å². The SMILES string of the molecule is CC(=O)NNC(=O)CN1CCCC2CNCC21. The number of hydrogen-bond donors (Lipinski definition) is 3. The number of hydrogen-bond acceptors (Lipinski definition) is 4. The van der Waals surface area contributed by atoms with E-state index >= 15 is 0 Å². The van der Waals surface area contributed by atoms with Crippen molar-refractivity contribution in [3.05, 3.63) is 0 Å². The van der Waals surface area contributed by atoms with Gasteiger partial charge in [0.15, 0.2) is 0 Å². The summed E-state index contributed by atoms with van der Waals surface area (Å²) in [5.74, 6) is 0.280. The van der Waals surface area contributed by atoms with Crippen LogP contribution in [-0.4, -0.2) is 48.9 Å². The van der Waals surface area contributed by atoms with Crippen LogP contribution in [-0.2, 0) is 9.59 Å². The van der Waals surface area contributed by atoms with Crippen LogP contribution in [0, 0.1) is 5.92 Å². The standard InChI is InChI=1S/C11H20N4O2/c1-8(16)13-14-11(17)7-15-4-2-3-9-5-12-6-10(9)15/h9-10,12H,2-7H2,1H3,(H,13,16)(H,14,17). The van der Waals surface area contributed by atoms with E-state index in [1.807, 2.05) is 0 Å². The predicted octanol–water partition coefficient (Wildman–Crippen LogP) is -1.16. The summed E-state index contributed by atoms with van der Waals surface area (Å²) in [7, 11) is 0. The van der Waals surface area contributed by atoms with E-state index in [9.17, 15) is 9.59 Å². The highest BCUT2D eigenvalue weighted by molar-refractivity contribution is 5.81. The number of hydrazine groups is 1. The number of nitrogens with zero attached hydrogens (tertiary/aromatic N) is 1. The Labute approximate surface area is 101 Å². The van der Waals surface area contributed by atoms with Gasteiger partial charge in [0, 0.05) is 19.5 Å². The minimum Gasteiger partial charge on any atom is -0.315 e. The molecule has 2 aliphatic heterocycles. The number of carbonyl (C=O) groups excluding carboxylic acids is 2. The summed E-state index contributed by atoms with van der Waals surface area (Å²) < 4.78 is 0. The van der Waals surface area contributed by atoms with Crippen LogP contribution in [0.2, 0.25) is 0 Å². The zero-order valence-corrected chi connectivity index (χ0v) is 10.2.